The SMILES string of the molecule is CC/C=C\C/C=C\C/C=C\C/C=C\CCCCCCCCCCCCCCC(=O)NC(COP(=O)(O)OCC[N+](C)(C)C)C(O)CCCCCCCCCCCCCCCCCCCCCCCCCCCCCCCC. The zero-order valence-electron chi connectivity index (χ0n) is 52.0. The molecule has 0 aliphatic heterocycles. The molecule has 9 heteroatoms. The molecule has 454 valence electrons. The van der Waals surface area contributed by atoms with Crippen LogP contribution < -0.4 is 5.32 Å². The molecular weight excluding hydrogens is 972 g/mol. The van der Waals surface area contributed by atoms with Crippen LogP contribution in [0.1, 0.15) is 328 Å². The molecule has 77 heavy (non-hydrogen) atoms. The normalized spacial score (nSPS) is 14.0. The average molecular weight is 1100 g/mol. The number of phosphoric ester groups is 1. The minimum Gasteiger partial charge on any atom is -0.391 e. The lowest BCUT2D eigenvalue weighted by Gasteiger charge is -2.26. The Kier molecular flexibility index (Phi) is 57.9. The van der Waals surface area contributed by atoms with E-state index in [0.29, 0.717) is 23.9 Å². The molecule has 0 bridgehead atoms. The number of aliphatic hydroxyl groups is 1. The number of amides is 1. The van der Waals surface area contributed by atoms with Crippen LogP contribution in [0.2, 0.25) is 0 Å². The predicted molar refractivity (Wildman–Crippen MR) is 337 cm³/mol. The quantitative estimate of drug-likeness (QED) is 0.0243. The smallest absolute Gasteiger partial charge is 0.391 e. The van der Waals surface area contributed by atoms with Gasteiger partial charge in [-0.15, -0.1) is 0 Å². The van der Waals surface area contributed by atoms with Gasteiger partial charge in [-0.25, -0.2) is 4.57 Å². The second-order valence-corrected chi connectivity index (χ2v) is 25.6. The summed E-state index contributed by atoms with van der Waals surface area (Å²) in [5, 5.41) is 14.1. The van der Waals surface area contributed by atoms with E-state index in [0.717, 1.165) is 64.2 Å². The van der Waals surface area contributed by atoms with Crippen LogP contribution >= 0.6 is 7.82 Å². The Labute approximate surface area is 479 Å². The van der Waals surface area contributed by atoms with Gasteiger partial charge in [-0.2, -0.15) is 0 Å². The number of unbranched alkanes of at least 4 members (excludes halogenated alkanes) is 41. The Morgan fingerprint density at radius 3 is 1.14 bits per heavy atom. The van der Waals surface area contributed by atoms with E-state index in [2.05, 4.69) is 67.8 Å². The molecule has 0 rings (SSSR count). The van der Waals surface area contributed by atoms with Gasteiger partial charge in [0, 0.05) is 6.42 Å². The van der Waals surface area contributed by atoms with Crippen molar-refractivity contribution in [2.75, 3.05) is 40.9 Å². The zero-order chi connectivity index (χ0) is 56.3. The fraction of sp³-hybridized carbons (Fsp3) is 0.868. The molecule has 0 radical (unpaired) electrons. The molecule has 3 N–H and O–H groups in total. The number of hydrogen-bond acceptors (Lipinski definition) is 5. The molecule has 8 nitrogen and oxygen atoms in total. The summed E-state index contributed by atoms with van der Waals surface area (Å²) in [6.07, 6.45) is 79.2. The molecule has 3 atom stereocenters. The van der Waals surface area contributed by atoms with Gasteiger partial charge in [-0.3, -0.25) is 13.8 Å². The monoisotopic (exact) mass is 1100 g/mol. The molecule has 0 aromatic carbocycles. The van der Waals surface area contributed by atoms with Gasteiger partial charge in [0.25, 0.3) is 0 Å². The van der Waals surface area contributed by atoms with E-state index < -0.39 is 20.0 Å². The third kappa shape index (κ3) is 61.9. The lowest BCUT2D eigenvalue weighted by atomic mass is 10.0. The first-order valence-electron chi connectivity index (χ1n) is 33.5. The maximum atomic E-state index is 13.1. The number of nitrogens with zero attached hydrogens (tertiary/aromatic N) is 1. The van der Waals surface area contributed by atoms with Crippen molar-refractivity contribution in [2.24, 2.45) is 0 Å². The Balaban J connectivity index is 4.05. The topological polar surface area (TPSA) is 105 Å². The van der Waals surface area contributed by atoms with E-state index in [9.17, 15) is 19.4 Å². The van der Waals surface area contributed by atoms with E-state index >= 15 is 0 Å². The van der Waals surface area contributed by atoms with Crippen LogP contribution in [0.5, 0.6) is 0 Å². The highest BCUT2D eigenvalue weighted by Gasteiger charge is 2.28. The minimum absolute atomic E-state index is 0.0741. The molecule has 1 amide bonds. The minimum atomic E-state index is -4.33. The first-order valence-corrected chi connectivity index (χ1v) is 35.0. The molecule has 0 fully saturated rings. The molecular formula is C68H132N2O6P+. The lowest BCUT2D eigenvalue weighted by Crippen LogP contribution is -2.46. The van der Waals surface area contributed by atoms with Crippen molar-refractivity contribution in [3.05, 3.63) is 48.6 Å². The fourth-order valence-electron chi connectivity index (χ4n) is 10.2. The van der Waals surface area contributed by atoms with Gasteiger partial charge in [-0.1, -0.05) is 319 Å². The molecule has 0 aromatic rings. The largest absolute Gasteiger partial charge is 0.472 e. The van der Waals surface area contributed by atoms with Gasteiger partial charge < -0.3 is 19.8 Å². The summed E-state index contributed by atoms with van der Waals surface area (Å²) in [5.41, 5.74) is 0. The van der Waals surface area contributed by atoms with Crippen LogP contribution in [-0.2, 0) is 18.4 Å². The Hall–Kier alpha value is -1.54. The van der Waals surface area contributed by atoms with Crippen molar-refractivity contribution in [3.8, 4) is 0 Å². The lowest BCUT2D eigenvalue weighted by molar-refractivity contribution is -0.870. The highest BCUT2D eigenvalue weighted by atomic mass is 31.2. The summed E-state index contributed by atoms with van der Waals surface area (Å²) in [7, 11) is 1.62. The summed E-state index contributed by atoms with van der Waals surface area (Å²) in [4.78, 5) is 23.4. The number of nitrogens with one attached hydrogen (secondary N) is 1. The standard InChI is InChI=1S/C68H131N2O6P/c1-6-8-10-12-14-16-18-20-22-24-26-28-30-32-33-34-35-36-38-39-41-43-45-47-49-51-53-55-57-59-61-67(71)66(65-76-77(73,74)75-64-63-70(3,4)5)69-68(72)62-60-58-56-54-52-50-48-46-44-42-40-37-31-29-27-25-23-21-19-17-15-13-11-9-7-2/h9,11,15,17,21,23,27,29,66-67,71H,6-8,10,12-14,16,18-20,22,24-26,28,30-65H2,1-5H3,(H-,69,72,73,74)/p+1/b11-9-,17-15-,23-21-,29-27-. The molecule has 0 saturated heterocycles. The van der Waals surface area contributed by atoms with E-state index in [4.69, 9.17) is 9.05 Å². The third-order valence-electron chi connectivity index (χ3n) is 15.3. The summed E-state index contributed by atoms with van der Waals surface area (Å²) < 4.78 is 23.9. The molecule has 0 aliphatic rings. The van der Waals surface area contributed by atoms with Crippen LogP contribution in [0, 0.1) is 0 Å². The number of quaternary nitrogens is 1. The number of carbonyl (C=O) groups excluding carboxylic acids is 1. The Morgan fingerprint density at radius 2 is 0.779 bits per heavy atom. The Bertz CT molecular complexity index is 1390. The maximum Gasteiger partial charge on any atom is 0.472 e. The van der Waals surface area contributed by atoms with Crippen molar-refractivity contribution in [3.63, 3.8) is 0 Å². The number of rotatable bonds is 62. The van der Waals surface area contributed by atoms with Gasteiger partial charge in [0.2, 0.25) is 5.91 Å². The molecule has 0 spiro atoms. The van der Waals surface area contributed by atoms with Gasteiger partial charge in [-0.05, 0) is 51.4 Å². The van der Waals surface area contributed by atoms with Crippen LogP contribution in [0.15, 0.2) is 48.6 Å². The summed E-state index contributed by atoms with van der Waals surface area (Å²) >= 11 is 0. The zero-order valence-corrected chi connectivity index (χ0v) is 52.9. The van der Waals surface area contributed by atoms with Crippen LogP contribution in [0.4, 0.5) is 0 Å². The molecule has 3 unspecified atom stereocenters. The number of aliphatic hydroxyl groups excluding tert-OH is 1. The summed E-state index contributed by atoms with van der Waals surface area (Å²) in [6, 6.07) is -0.765. The van der Waals surface area contributed by atoms with Crippen LogP contribution in [-0.4, -0.2) is 73.4 Å². The van der Waals surface area contributed by atoms with E-state index in [1.165, 1.54) is 238 Å². The summed E-state index contributed by atoms with van der Waals surface area (Å²) in [6.45, 7) is 4.82. The van der Waals surface area contributed by atoms with E-state index in [-0.39, 0.29) is 19.1 Å². The van der Waals surface area contributed by atoms with Gasteiger partial charge >= 0.3 is 7.82 Å². The highest BCUT2D eigenvalue weighted by Crippen LogP contribution is 2.43. The summed E-state index contributed by atoms with van der Waals surface area (Å²) in [5.74, 6) is -0.143. The van der Waals surface area contributed by atoms with Gasteiger partial charge in [0.05, 0.1) is 39.9 Å². The van der Waals surface area contributed by atoms with Crippen LogP contribution in [0.3, 0.4) is 0 Å². The molecule has 0 aliphatic carbocycles. The third-order valence-corrected chi connectivity index (χ3v) is 16.3. The average Bonchev–Trinajstić information content (AvgIpc) is 3.39. The number of likely N-dealkylation sites (N-methyl/N-ethyl adjacent to an activating group) is 1. The fourth-order valence-corrected chi connectivity index (χ4v) is 10.9. The van der Waals surface area contributed by atoms with Crippen molar-refractivity contribution >= 4 is 13.7 Å². The van der Waals surface area contributed by atoms with Crippen molar-refractivity contribution in [1.82, 2.24) is 5.32 Å². The van der Waals surface area contributed by atoms with E-state index in [1.807, 2.05) is 21.1 Å². The molecule has 0 heterocycles. The van der Waals surface area contributed by atoms with Crippen LogP contribution in [0.25, 0.3) is 0 Å². The van der Waals surface area contributed by atoms with Gasteiger partial charge in [0.1, 0.15) is 13.2 Å². The first-order chi connectivity index (χ1) is 37.5. The number of hydrogen-bond donors (Lipinski definition) is 3. The predicted octanol–water partition coefficient (Wildman–Crippen LogP) is 21.1. The van der Waals surface area contributed by atoms with Crippen molar-refractivity contribution in [1.29, 1.82) is 0 Å². The first kappa shape index (κ1) is 75.5. The van der Waals surface area contributed by atoms with Crippen molar-refractivity contribution < 1.29 is 32.9 Å². The second kappa shape index (κ2) is 59.1. The number of phosphoric acid groups is 1. The second-order valence-electron chi connectivity index (χ2n) is 24.2. The molecule has 0 saturated carbocycles. The van der Waals surface area contributed by atoms with Gasteiger partial charge in [0.15, 0.2) is 0 Å². The number of allylic oxidation sites excluding steroid dienone is 8. The van der Waals surface area contributed by atoms with E-state index in [1.54, 1.807) is 0 Å². The Morgan fingerprint density at radius 1 is 0.455 bits per heavy atom. The molecule has 0 aromatic heterocycles. The number of carbonyl (C=O) groups is 1. The highest BCUT2D eigenvalue weighted by molar-refractivity contribution is 7.47. The maximum absolute atomic E-state index is 13.1. The van der Waals surface area contributed by atoms with Crippen molar-refractivity contribution in [2.45, 2.75) is 341 Å².